The lowest BCUT2D eigenvalue weighted by Crippen LogP contribution is -2.26. The molecule has 0 amide bonds. The van der Waals surface area contributed by atoms with E-state index in [0.717, 1.165) is 83.7 Å². The van der Waals surface area contributed by atoms with Gasteiger partial charge in [-0.2, -0.15) is 0 Å². The number of hydrogen-bond donors (Lipinski definition) is 4. The summed E-state index contributed by atoms with van der Waals surface area (Å²) >= 11 is 6.91. The molecule has 8 rings (SSSR count). The van der Waals surface area contributed by atoms with Crippen molar-refractivity contribution in [1.29, 1.82) is 0 Å². The van der Waals surface area contributed by atoms with Crippen molar-refractivity contribution in [1.82, 2.24) is 0 Å². The number of rotatable bonds is 0. The second-order valence-electron chi connectivity index (χ2n) is 19.5. The highest BCUT2D eigenvalue weighted by molar-refractivity contribution is 8.01. The molecular formula is C44H48O4S4. The van der Waals surface area contributed by atoms with E-state index in [1.54, 1.807) is 47.0 Å². The maximum atomic E-state index is 12.4. The summed E-state index contributed by atoms with van der Waals surface area (Å²) in [6, 6.07) is 0. The topological polar surface area (TPSA) is 80.9 Å². The van der Waals surface area contributed by atoms with Gasteiger partial charge in [-0.1, -0.05) is 130 Å². The minimum absolute atomic E-state index is 0.248. The Bertz CT molecular complexity index is 1920. The molecule has 4 heterocycles. The van der Waals surface area contributed by atoms with Crippen molar-refractivity contribution in [3.63, 3.8) is 0 Å². The molecule has 0 aromatic heterocycles. The third-order valence-corrected chi connectivity index (χ3v) is 16.8. The maximum absolute atomic E-state index is 12.4. The normalized spacial score (nSPS) is 16.5. The first-order chi connectivity index (χ1) is 24.0. The minimum Gasteiger partial charge on any atom is -0.507 e. The molecule has 4 aliphatic rings. The average Bonchev–Trinajstić information content (AvgIpc) is 3.00. The summed E-state index contributed by atoms with van der Waals surface area (Å²) in [6.45, 7) is 27.3. The Kier molecular flexibility index (Phi) is 7.18. The molecule has 0 saturated carbocycles. The number of aromatic hydroxyl groups is 4. The summed E-state index contributed by atoms with van der Waals surface area (Å²) in [6.07, 6.45) is 1.67. The van der Waals surface area contributed by atoms with Crippen LogP contribution in [0.25, 0.3) is 0 Å². The van der Waals surface area contributed by atoms with Gasteiger partial charge < -0.3 is 20.4 Å². The predicted molar refractivity (Wildman–Crippen MR) is 215 cm³/mol. The Morgan fingerprint density at radius 2 is 0.423 bits per heavy atom. The molecule has 272 valence electrons. The summed E-state index contributed by atoms with van der Waals surface area (Å²) < 4.78 is 0. The lowest BCUT2D eigenvalue weighted by atomic mass is 9.78. The Balaban J connectivity index is 1.51. The van der Waals surface area contributed by atoms with E-state index in [1.165, 1.54) is 22.3 Å². The molecule has 4 aliphatic heterocycles. The molecular weight excluding hydrogens is 721 g/mol. The van der Waals surface area contributed by atoms with Crippen LogP contribution in [-0.4, -0.2) is 20.4 Å². The van der Waals surface area contributed by atoms with Crippen LogP contribution in [0.5, 0.6) is 23.0 Å². The van der Waals surface area contributed by atoms with Crippen LogP contribution < -0.4 is 0 Å². The van der Waals surface area contributed by atoms with Crippen molar-refractivity contribution in [2.45, 2.75) is 170 Å². The van der Waals surface area contributed by atoms with Crippen molar-refractivity contribution in [3.05, 3.63) is 66.8 Å². The lowest BCUT2D eigenvalue weighted by molar-refractivity contribution is 0.433. The van der Waals surface area contributed by atoms with E-state index >= 15 is 0 Å². The molecule has 0 spiro atoms. The lowest BCUT2D eigenvalue weighted by Gasteiger charge is -2.41. The SMILES string of the molecule is CC(C)(C)c1c2c3c(O)c4c1Sc1c(c(O)c5c(c1C(C)(C)C)Sc1c(c(O)c6c(c1C(C)(C)C)Sc1c(c(O)c(c(c1C(C)(C)C)S2)C3)C6)C5)C4. The third kappa shape index (κ3) is 4.59. The molecule has 0 saturated heterocycles. The Morgan fingerprint density at radius 3 is 0.538 bits per heavy atom. The van der Waals surface area contributed by atoms with Gasteiger partial charge in [0.05, 0.1) is 0 Å². The second-order valence-corrected chi connectivity index (χ2v) is 23.6. The van der Waals surface area contributed by atoms with E-state index in [2.05, 4.69) is 83.1 Å². The van der Waals surface area contributed by atoms with Gasteiger partial charge in [0.1, 0.15) is 23.0 Å². The minimum atomic E-state index is -0.248. The van der Waals surface area contributed by atoms with Crippen LogP contribution in [0.1, 0.15) is 150 Å². The summed E-state index contributed by atoms with van der Waals surface area (Å²) in [4.78, 5) is 8.77. The fourth-order valence-electron chi connectivity index (χ4n) is 9.26. The molecule has 0 bridgehead atoms. The van der Waals surface area contributed by atoms with Gasteiger partial charge in [0.15, 0.2) is 0 Å². The van der Waals surface area contributed by atoms with Gasteiger partial charge in [0.25, 0.3) is 0 Å². The highest BCUT2D eigenvalue weighted by Gasteiger charge is 2.45. The first-order valence-electron chi connectivity index (χ1n) is 18.4. The number of phenols is 4. The first kappa shape index (κ1) is 35.2. The fraction of sp³-hybridized carbons (Fsp3) is 0.455. The van der Waals surface area contributed by atoms with Crippen molar-refractivity contribution in [3.8, 4) is 23.0 Å². The van der Waals surface area contributed by atoms with E-state index in [1.807, 2.05) is 0 Å². The number of fused-ring (bicyclic) bond motifs is 8. The average molecular weight is 769 g/mol. The zero-order valence-electron chi connectivity index (χ0n) is 32.3. The van der Waals surface area contributed by atoms with Gasteiger partial charge in [0.2, 0.25) is 0 Å². The summed E-state index contributed by atoms with van der Waals surface area (Å²) in [5.41, 5.74) is 10.9. The summed E-state index contributed by atoms with van der Waals surface area (Å²) in [5, 5.41) is 49.7. The van der Waals surface area contributed by atoms with Gasteiger partial charge in [-0.15, -0.1) is 0 Å². The monoisotopic (exact) mass is 768 g/mol. The molecule has 8 heteroatoms. The number of phenolic OH excluding ortho intramolecular Hbond substituents is 4. The molecule has 0 unspecified atom stereocenters. The molecule has 0 aliphatic carbocycles. The van der Waals surface area contributed by atoms with E-state index in [-0.39, 0.29) is 44.7 Å². The molecule has 0 atom stereocenters. The number of benzene rings is 4. The zero-order valence-corrected chi connectivity index (χ0v) is 35.5. The molecule has 4 aromatic rings. The standard InChI is InChI=1S/C44H48O4S4/c1-41(2,3)25-33-17-13-19-30(46)21-15-23-32(48)24-16-22-31(47)20-14-18(29(17)45)34(25)50-36(20)27(43(7,8)9)38(22)52-40(24)28(44(10,11)12)39(23)51-37(21)26(35(19)49-33)42(4,5)6/h45-48H,13-16H2,1-12H3. The molecule has 0 radical (unpaired) electrons. The molecule has 52 heavy (non-hydrogen) atoms. The van der Waals surface area contributed by atoms with Crippen molar-refractivity contribution >= 4 is 47.0 Å². The van der Waals surface area contributed by atoms with Crippen LogP contribution >= 0.6 is 47.0 Å². The highest BCUT2D eigenvalue weighted by atomic mass is 32.2. The zero-order chi connectivity index (χ0) is 37.5. The largest absolute Gasteiger partial charge is 0.507 e. The van der Waals surface area contributed by atoms with Crippen molar-refractivity contribution < 1.29 is 20.4 Å². The Morgan fingerprint density at radius 1 is 0.288 bits per heavy atom. The Labute approximate surface area is 325 Å². The van der Waals surface area contributed by atoms with Crippen LogP contribution in [0, 0.1) is 0 Å². The van der Waals surface area contributed by atoms with E-state index in [0.29, 0.717) is 25.7 Å². The molecule has 4 N–H and O–H groups in total. The quantitative estimate of drug-likeness (QED) is 0.121. The number of hydrogen-bond acceptors (Lipinski definition) is 8. The third-order valence-electron chi connectivity index (χ3n) is 11.5. The van der Waals surface area contributed by atoms with Crippen molar-refractivity contribution in [2.75, 3.05) is 0 Å². The molecule has 0 fully saturated rings. The van der Waals surface area contributed by atoms with E-state index in [9.17, 15) is 20.4 Å². The highest BCUT2D eigenvalue weighted by Crippen LogP contribution is 2.66. The van der Waals surface area contributed by atoms with Gasteiger partial charge in [-0.3, -0.25) is 0 Å². The van der Waals surface area contributed by atoms with Crippen LogP contribution in [-0.2, 0) is 47.3 Å². The summed E-state index contributed by atoms with van der Waals surface area (Å²) in [5.74, 6) is 1.15. The predicted octanol–water partition coefficient (Wildman–Crippen LogP) is 12.2. The Hall–Kier alpha value is -2.52. The smallest absolute Gasteiger partial charge is 0.124 e. The maximum Gasteiger partial charge on any atom is 0.124 e. The van der Waals surface area contributed by atoms with Crippen LogP contribution in [0.4, 0.5) is 0 Å². The fourth-order valence-corrected chi connectivity index (χ4v) is 16.8. The second kappa shape index (κ2) is 10.6. The van der Waals surface area contributed by atoms with Crippen LogP contribution in [0.3, 0.4) is 0 Å². The van der Waals surface area contributed by atoms with Crippen molar-refractivity contribution in [2.24, 2.45) is 0 Å². The summed E-state index contributed by atoms with van der Waals surface area (Å²) in [7, 11) is 0. The van der Waals surface area contributed by atoms with Crippen LogP contribution in [0.2, 0.25) is 0 Å². The first-order valence-corrected chi connectivity index (χ1v) is 21.6. The van der Waals surface area contributed by atoms with Gasteiger partial charge in [-0.05, 0) is 43.9 Å². The molecule has 4 nitrogen and oxygen atoms in total. The van der Waals surface area contributed by atoms with E-state index in [4.69, 9.17) is 0 Å². The molecule has 4 aromatic carbocycles. The van der Waals surface area contributed by atoms with Crippen LogP contribution in [0.15, 0.2) is 39.2 Å². The van der Waals surface area contributed by atoms with Gasteiger partial charge >= 0.3 is 0 Å². The van der Waals surface area contributed by atoms with Gasteiger partial charge in [-0.25, -0.2) is 0 Å². The van der Waals surface area contributed by atoms with E-state index < -0.39 is 0 Å². The van der Waals surface area contributed by atoms with Gasteiger partial charge in [0, 0.05) is 109 Å².